The van der Waals surface area contributed by atoms with Crippen LogP contribution in [0.2, 0.25) is 0 Å². The van der Waals surface area contributed by atoms with Gasteiger partial charge in [0.05, 0.1) is 40.4 Å². The molecule has 5 rings (SSSR count). The van der Waals surface area contributed by atoms with Crippen LogP contribution in [0.15, 0.2) is 78.9 Å². The summed E-state index contributed by atoms with van der Waals surface area (Å²) in [6.45, 7) is 0. The number of fused-ring (bicyclic) bond motifs is 5. The van der Waals surface area contributed by atoms with Crippen molar-refractivity contribution in [1.82, 2.24) is 9.38 Å². The van der Waals surface area contributed by atoms with Gasteiger partial charge in [-0.2, -0.15) is 0 Å². The summed E-state index contributed by atoms with van der Waals surface area (Å²) in [5.74, 6) is -0.363. The van der Waals surface area contributed by atoms with Crippen molar-refractivity contribution in [3.63, 3.8) is 0 Å². The fraction of sp³-hybridized carbons (Fsp3) is 0.0435. The highest BCUT2D eigenvalue weighted by atomic mass is 16.5. The van der Waals surface area contributed by atoms with E-state index >= 15 is 0 Å². The molecule has 27 heavy (non-hydrogen) atoms. The highest BCUT2D eigenvalue weighted by Gasteiger charge is 2.15. The zero-order valence-electron chi connectivity index (χ0n) is 14.7. The number of para-hydroxylation sites is 1. The van der Waals surface area contributed by atoms with Crippen LogP contribution in [0.5, 0.6) is 0 Å². The molecule has 2 heterocycles. The van der Waals surface area contributed by atoms with E-state index in [1.165, 1.54) is 7.11 Å². The van der Waals surface area contributed by atoms with Gasteiger partial charge in [0.15, 0.2) is 0 Å². The predicted octanol–water partition coefficient (Wildman–Crippen LogP) is 5.09. The zero-order valence-corrected chi connectivity index (χ0v) is 14.7. The highest BCUT2D eigenvalue weighted by Crippen LogP contribution is 2.32. The van der Waals surface area contributed by atoms with Crippen molar-refractivity contribution in [2.75, 3.05) is 7.11 Å². The molecule has 0 unspecified atom stereocenters. The highest BCUT2D eigenvalue weighted by molar-refractivity contribution is 6.00. The van der Waals surface area contributed by atoms with Crippen LogP contribution in [0.3, 0.4) is 0 Å². The zero-order chi connectivity index (χ0) is 18.4. The second-order valence-electron chi connectivity index (χ2n) is 6.45. The van der Waals surface area contributed by atoms with Gasteiger partial charge < -0.3 is 9.14 Å². The van der Waals surface area contributed by atoms with E-state index in [0.717, 1.165) is 38.7 Å². The maximum atomic E-state index is 12.0. The van der Waals surface area contributed by atoms with Gasteiger partial charge in [-0.15, -0.1) is 0 Å². The van der Waals surface area contributed by atoms with E-state index < -0.39 is 0 Å². The molecule has 0 saturated heterocycles. The molecular weight excluding hydrogens is 336 g/mol. The molecule has 0 fully saturated rings. The first kappa shape index (κ1) is 15.6. The van der Waals surface area contributed by atoms with Crippen LogP contribution in [-0.2, 0) is 4.74 Å². The molecule has 0 radical (unpaired) electrons. The molecule has 0 N–H and O–H groups in total. The normalized spacial score (nSPS) is 11.3. The van der Waals surface area contributed by atoms with Gasteiger partial charge in [-0.25, -0.2) is 9.78 Å². The molecule has 4 heteroatoms. The number of methoxy groups -OCH3 is 1. The molecule has 130 valence electrons. The number of esters is 1. The molecule has 4 nitrogen and oxygen atoms in total. The smallest absolute Gasteiger partial charge is 0.337 e. The summed E-state index contributed by atoms with van der Waals surface area (Å²) in [4.78, 5) is 16.9. The number of carbonyl (C=O) groups is 1. The summed E-state index contributed by atoms with van der Waals surface area (Å²) in [6.07, 6.45) is 0. The van der Waals surface area contributed by atoms with Crippen LogP contribution >= 0.6 is 0 Å². The summed E-state index contributed by atoms with van der Waals surface area (Å²) < 4.78 is 7.08. The van der Waals surface area contributed by atoms with Gasteiger partial charge in [0.1, 0.15) is 0 Å². The maximum absolute atomic E-state index is 12.0. The Labute approximate surface area is 155 Å². The third-order valence-electron chi connectivity index (χ3n) is 4.87. The van der Waals surface area contributed by atoms with Gasteiger partial charge in [-0.3, -0.25) is 0 Å². The van der Waals surface area contributed by atoms with Gasteiger partial charge in [0.25, 0.3) is 0 Å². The third kappa shape index (κ3) is 2.38. The van der Waals surface area contributed by atoms with Crippen LogP contribution in [0.1, 0.15) is 10.4 Å². The quantitative estimate of drug-likeness (QED) is 0.415. The first-order chi connectivity index (χ1) is 13.3. The van der Waals surface area contributed by atoms with E-state index in [4.69, 9.17) is 9.72 Å². The number of hydrogen-bond acceptors (Lipinski definition) is 3. The predicted molar refractivity (Wildman–Crippen MR) is 107 cm³/mol. The van der Waals surface area contributed by atoms with E-state index in [-0.39, 0.29) is 5.97 Å². The minimum atomic E-state index is -0.363. The fourth-order valence-corrected chi connectivity index (χ4v) is 3.62. The van der Waals surface area contributed by atoms with E-state index in [0.29, 0.717) is 5.56 Å². The Bertz CT molecular complexity index is 1320. The number of ether oxygens (including phenoxy) is 1. The molecule has 0 spiro atoms. The average molecular weight is 352 g/mol. The van der Waals surface area contributed by atoms with Crippen LogP contribution in [0, 0.1) is 0 Å². The van der Waals surface area contributed by atoms with E-state index in [1.54, 1.807) is 12.1 Å². The second kappa shape index (κ2) is 5.95. The molecule has 0 atom stereocenters. The molecule has 0 amide bonds. The lowest BCUT2D eigenvalue weighted by atomic mass is 10.1. The Balaban J connectivity index is 1.95. The molecule has 2 aromatic heterocycles. The molecule has 0 aliphatic rings. The van der Waals surface area contributed by atoms with Gasteiger partial charge in [-0.1, -0.05) is 48.5 Å². The van der Waals surface area contributed by atoms with E-state index in [1.807, 2.05) is 36.4 Å². The Morgan fingerprint density at radius 2 is 1.63 bits per heavy atom. The largest absolute Gasteiger partial charge is 0.465 e. The van der Waals surface area contributed by atoms with Crippen molar-refractivity contribution in [2.45, 2.75) is 0 Å². The Hall–Kier alpha value is -3.66. The molecule has 0 saturated carbocycles. The number of benzene rings is 3. The average Bonchev–Trinajstić information content (AvgIpc) is 3.12. The van der Waals surface area contributed by atoms with Crippen LogP contribution in [-0.4, -0.2) is 22.5 Å². The molecule has 0 bridgehead atoms. The van der Waals surface area contributed by atoms with Gasteiger partial charge in [0, 0.05) is 10.9 Å². The summed E-state index contributed by atoms with van der Waals surface area (Å²) in [6, 6.07) is 26.1. The Kier molecular flexibility index (Phi) is 3.44. The van der Waals surface area contributed by atoms with Crippen molar-refractivity contribution in [2.24, 2.45) is 0 Å². The van der Waals surface area contributed by atoms with Crippen molar-refractivity contribution >= 4 is 33.4 Å². The minimum absolute atomic E-state index is 0.363. The van der Waals surface area contributed by atoms with E-state index in [9.17, 15) is 4.79 Å². The second-order valence-corrected chi connectivity index (χ2v) is 6.45. The molecule has 3 aromatic carbocycles. The first-order valence-corrected chi connectivity index (χ1v) is 8.74. The fourth-order valence-electron chi connectivity index (χ4n) is 3.62. The topological polar surface area (TPSA) is 43.6 Å². The number of rotatable bonds is 2. The number of nitrogens with zero attached hydrogens (tertiary/aromatic N) is 2. The standard InChI is InChI=1S/C23H16N2O2/c1-27-23(26)17-11-12-20-18(13-17)24-22(15-7-3-2-4-8-15)21-14-16-9-5-6-10-19(16)25(20)21/h2-14H,1H3. The van der Waals surface area contributed by atoms with Crippen LogP contribution in [0.4, 0.5) is 0 Å². The lowest BCUT2D eigenvalue weighted by molar-refractivity contribution is 0.0601. The molecule has 5 aromatic rings. The molecular formula is C23H16N2O2. The monoisotopic (exact) mass is 352 g/mol. The van der Waals surface area contributed by atoms with Crippen LogP contribution in [0.25, 0.3) is 38.7 Å². The SMILES string of the molecule is COC(=O)c1ccc2c(c1)nc(-c1ccccc1)c1cc3ccccc3n12. The molecule has 0 aliphatic carbocycles. The van der Waals surface area contributed by atoms with Crippen molar-refractivity contribution in [3.8, 4) is 11.3 Å². The van der Waals surface area contributed by atoms with Crippen molar-refractivity contribution in [1.29, 1.82) is 0 Å². The van der Waals surface area contributed by atoms with Gasteiger partial charge >= 0.3 is 5.97 Å². The third-order valence-corrected chi connectivity index (χ3v) is 4.87. The Morgan fingerprint density at radius 3 is 2.44 bits per heavy atom. The summed E-state index contributed by atoms with van der Waals surface area (Å²) in [5.41, 5.74) is 6.29. The van der Waals surface area contributed by atoms with Gasteiger partial charge in [0.2, 0.25) is 0 Å². The number of carbonyl (C=O) groups excluding carboxylic acids is 1. The summed E-state index contributed by atoms with van der Waals surface area (Å²) in [5, 5.41) is 1.15. The van der Waals surface area contributed by atoms with Crippen molar-refractivity contribution < 1.29 is 9.53 Å². The molecule has 0 aliphatic heterocycles. The summed E-state index contributed by atoms with van der Waals surface area (Å²) in [7, 11) is 1.39. The van der Waals surface area contributed by atoms with Crippen LogP contribution < -0.4 is 0 Å². The maximum Gasteiger partial charge on any atom is 0.337 e. The van der Waals surface area contributed by atoms with E-state index in [2.05, 4.69) is 34.7 Å². The number of aromatic nitrogens is 2. The lowest BCUT2D eigenvalue weighted by Gasteiger charge is -2.10. The minimum Gasteiger partial charge on any atom is -0.465 e. The summed E-state index contributed by atoms with van der Waals surface area (Å²) >= 11 is 0. The van der Waals surface area contributed by atoms with Gasteiger partial charge in [-0.05, 0) is 30.3 Å². The lowest BCUT2D eigenvalue weighted by Crippen LogP contribution is -2.02. The first-order valence-electron chi connectivity index (χ1n) is 8.74. The Morgan fingerprint density at radius 1 is 0.852 bits per heavy atom. The number of hydrogen-bond donors (Lipinski definition) is 0. The van der Waals surface area contributed by atoms with Crippen molar-refractivity contribution in [3.05, 3.63) is 84.4 Å².